The number of nitrogens with zero attached hydrogens (tertiary/aromatic N) is 2. The third kappa shape index (κ3) is 2.39. The van der Waals surface area contributed by atoms with Crippen molar-refractivity contribution in [2.45, 2.75) is 38.1 Å². The zero-order valence-electron chi connectivity index (χ0n) is 14.5. The minimum absolute atomic E-state index is 0.217. The second-order valence-electron chi connectivity index (χ2n) is 7.12. The fraction of sp³-hybridized carbons (Fsp3) is 0.526. The maximum absolute atomic E-state index is 5.68. The zero-order valence-corrected chi connectivity index (χ0v) is 14.5. The van der Waals surface area contributed by atoms with Crippen LogP contribution in [0, 0.1) is 12.3 Å². The highest BCUT2D eigenvalue weighted by molar-refractivity contribution is 5.29. The minimum atomic E-state index is -0.418. The van der Waals surface area contributed by atoms with Gasteiger partial charge in [-0.3, -0.25) is 4.90 Å². The van der Waals surface area contributed by atoms with Crippen LogP contribution in [0.2, 0.25) is 0 Å². The Bertz CT molecular complexity index is 700. The molecule has 4 rings (SSSR count). The van der Waals surface area contributed by atoms with Crippen molar-refractivity contribution in [1.29, 1.82) is 0 Å². The second kappa shape index (κ2) is 5.69. The van der Waals surface area contributed by atoms with Crippen LogP contribution >= 0.6 is 0 Å². The predicted molar refractivity (Wildman–Crippen MR) is 89.2 cm³/mol. The number of methoxy groups -OCH3 is 2. The molecule has 1 aliphatic heterocycles. The Labute approximate surface area is 142 Å². The molecule has 2 fully saturated rings. The summed E-state index contributed by atoms with van der Waals surface area (Å²) in [6, 6.07) is 11.0. The highest BCUT2D eigenvalue weighted by Crippen LogP contribution is 2.65. The number of ether oxygens (including phenoxy) is 2. The van der Waals surface area contributed by atoms with Crippen LogP contribution in [-0.2, 0) is 16.0 Å². The van der Waals surface area contributed by atoms with Crippen LogP contribution in [-0.4, -0.2) is 36.4 Å². The van der Waals surface area contributed by atoms with Crippen LogP contribution in [0.1, 0.15) is 36.1 Å². The van der Waals surface area contributed by atoms with E-state index in [1.807, 2.05) is 6.92 Å². The van der Waals surface area contributed by atoms with Gasteiger partial charge in [-0.25, -0.2) is 4.98 Å². The number of aromatic nitrogens is 1. The van der Waals surface area contributed by atoms with E-state index >= 15 is 0 Å². The molecule has 1 aliphatic carbocycles. The summed E-state index contributed by atoms with van der Waals surface area (Å²) in [6.45, 7) is 3.69. The van der Waals surface area contributed by atoms with Crippen molar-refractivity contribution in [3.05, 3.63) is 53.7 Å². The number of aryl methyl sites for hydroxylation is 1. The smallest absolute Gasteiger partial charge is 0.208 e. The summed E-state index contributed by atoms with van der Waals surface area (Å²) in [5.41, 5.74) is 1.56. The van der Waals surface area contributed by atoms with Gasteiger partial charge in [0.15, 0.2) is 5.79 Å². The molecule has 0 bridgehead atoms. The van der Waals surface area contributed by atoms with Crippen LogP contribution in [0.3, 0.4) is 0 Å². The van der Waals surface area contributed by atoms with Crippen LogP contribution < -0.4 is 0 Å². The Morgan fingerprint density at radius 2 is 1.92 bits per heavy atom. The molecular weight excluding hydrogens is 304 g/mol. The van der Waals surface area contributed by atoms with E-state index in [0.29, 0.717) is 6.04 Å². The lowest BCUT2D eigenvalue weighted by Crippen LogP contribution is -2.69. The first-order chi connectivity index (χ1) is 11.6. The molecule has 2 aliphatic rings. The summed E-state index contributed by atoms with van der Waals surface area (Å²) >= 11 is 0. The molecule has 1 atom stereocenters. The fourth-order valence-corrected chi connectivity index (χ4v) is 4.55. The van der Waals surface area contributed by atoms with Gasteiger partial charge < -0.3 is 13.9 Å². The lowest BCUT2D eigenvalue weighted by molar-refractivity contribution is -0.337. The Morgan fingerprint density at radius 3 is 2.50 bits per heavy atom. The molecule has 1 spiro atoms. The van der Waals surface area contributed by atoms with Gasteiger partial charge in [0, 0.05) is 45.1 Å². The quantitative estimate of drug-likeness (QED) is 0.788. The van der Waals surface area contributed by atoms with Crippen LogP contribution in [0.15, 0.2) is 40.9 Å². The van der Waals surface area contributed by atoms with Gasteiger partial charge in [0.1, 0.15) is 5.76 Å². The van der Waals surface area contributed by atoms with Crippen molar-refractivity contribution in [3.63, 3.8) is 0 Å². The molecular formula is C19H24N2O3. The summed E-state index contributed by atoms with van der Waals surface area (Å²) in [4.78, 5) is 6.80. The second-order valence-corrected chi connectivity index (χ2v) is 7.12. The first-order valence-electron chi connectivity index (χ1n) is 8.40. The van der Waals surface area contributed by atoms with Crippen molar-refractivity contribution in [3.8, 4) is 0 Å². The normalized spacial score (nSPS) is 24.5. The molecule has 1 unspecified atom stereocenters. The van der Waals surface area contributed by atoms with E-state index in [-0.39, 0.29) is 5.41 Å². The van der Waals surface area contributed by atoms with Gasteiger partial charge in [0.05, 0.1) is 12.7 Å². The zero-order chi connectivity index (χ0) is 16.8. The number of hydrogen-bond donors (Lipinski definition) is 0. The van der Waals surface area contributed by atoms with Gasteiger partial charge >= 0.3 is 0 Å². The van der Waals surface area contributed by atoms with E-state index in [2.05, 4.69) is 40.2 Å². The van der Waals surface area contributed by atoms with Crippen molar-refractivity contribution < 1.29 is 13.9 Å². The highest BCUT2D eigenvalue weighted by atomic mass is 16.7. The topological polar surface area (TPSA) is 47.7 Å². The first-order valence-corrected chi connectivity index (χ1v) is 8.40. The Morgan fingerprint density at radius 1 is 1.21 bits per heavy atom. The molecule has 5 heteroatoms. The molecule has 1 aromatic heterocycles. The number of benzene rings is 1. The summed E-state index contributed by atoms with van der Waals surface area (Å²) in [6.07, 6.45) is 3.63. The number of hydrogen-bond acceptors (Lipinski definition) is 5. The van der Waals surface area contributed by atoms with Crippen LogP contribution in [0.4, 0.5) is 0 Å². The number of oxazole rings is 1. The third-order valence-corrected chi connectivity index (χ3v) is 5.57. The number of likely N-dealkylation sites (tertiary alicyclic amines) is 1. The molecule has 24 heavy (non-hydrogen) atoms. The van der Waals surface area contributed by atoms with Gasteiger partial charge in [-0.2, -0.15) is 0 Å². The van der Waals surface area contributed by atoms with Gasteiger partial charge in [-0.05, 0) is 12.5 Å². The molecule has 1 saturated heterocycles. The standard InChI is InChI=1S/C19H24N2O3/c1-14-9-20-16(24-14)10-21-13-18(11-19(12-18,22-2)23-3)17(21)15-7-5-4-6-8-15/h4-9,17H,10-13H2,1-3H3. The summed E-state index contributed by atoms with van der Waals surface area (Å²) in [7, 11) is 3.47. The van der Waals surface area contributed by atoms with Gasteiger partial charge in [0.25, 0.3) is 0 Å². The van der Waals surface area contributed by atoms with E-state index in [1.165, 1.54) is 5.56 Å². The Balaban J connectivity index is 1.57. The van der Waals surface area contributed by atoms with E-state index < -0.39 is 5.79 Å². The molecule has 5 nitrogen and oxygen atoms in total. The van der Waals surface area contributed by atoms with Crippen LogP contribution in [0.5, 0.6) is 0 Å². The largest absolute Gasteiger partial charge is 0.445 e. The molecule has 1 saturated carbocycles. The van der Waals surface area contributed by atoms with Crippen molar-refractivity contribution in [2.24, 2.45) is 5.41 Å². The monoisotopic (exact) mass is 328 g/mol. The summed E-state index contributed by atoms with van der Waals surface area (Å²) in [5.74, 6) is 1.23. The van der Waals surface area contributed by atoms with Gasteiger partial charge in [0.2, 0.25) is 5.89 Å². The van der Waals surface area contributed by atoms with E-state index in [1.54, 1.807) is 20.4 Å². The fourth-order valence-electron chi connectivity index (χ4n) is 4.55. The van der Waals surface area contributed by atoms with Crippen molar-refractivity contribution in [1.82, 2.24) is 9.88 Å². The van der Waals surface area contributed by atoms with Crippen LogP contribution in [0.25, 0.3) is 0 Å². The molecule has 2 aromatic rings. The minimum Gasteiger partial charge on any atom is -0.445 e. The lowest BCUT2D eigenvalue weighted by Gasteiger charge is -2.67. The van der Waals surface area contributed by atoms with Gasteiger partial charge in [-0.1, -0.05) is 30.3 Å². The molecule has 2 heterocycles. The average Bonchev–Trinajstić information content (AvgIpc) is 2.95. The first kappa shape index (κ1) is 15.8. The van der Waals surface area contributed by atoms with Gasteiger partial charge in [-0.15, -0.1) is 0 Å². The summed E-state index contributed by atoms with van der Waals surface area (Å²) in [5, 5.41) is 0. The predicted octanol–water partition coefficient (Wildman–Crippen LogP) is 3.31. The third-order valence-electron chi connectivity index (χ3n) is 5.57. The lowest BCUT2D eigenvalue weighted by atomic mass is 9.53. The molecule has 0 radical (unpaired) electrons. The molecule has 0 amide bonds. The molecule has 0 N–H and O–H groups in total. The SMILES string of the molecule is COC1(OC)CC2(CN(Cc3ncc(C)o3)C2c2ccccc2)C1. The number of rotatable bonds is 5. The Kier molecular flexibility index (Phi) is 3.75. The summed E-state index contributed by atoms with van der Waals surface area (Å²) < 4.78 is 16.9. The average molecular weight is 328 g/mol. The molecule has 1 aromatic carbocycles. The Hall–Kier alpha value is -1.69. The maximum Gasteiger partial charge on any atom is 0.208 e. The molecule has 128 valence electrons. The maximum atomic E-state index is 5.68. The van der Waals surface area contributed by atoms with Crippen molar-refractivity contribution in [2.75, 3.05) is 20.8 Å². The van der Waals surface area contributed by atoms with E-state index in [4.69, 9.17) is 13.9 Å². The van der Waals surface area contributed by atoms with E-state index in [0.717, 1.165) is 37.6 Å². The highest BCUT2D eigenvalue weighted by Gasteiger charge is 2.66. The van der Waals surface area contributed by atoms with Crippen molar-refractivity contribution >= 4 is 0 Å². The van der Waals surface area contributed by atoms with E-state index in [9.17, 15) is 0 Å².